The van der Waals surface area contributed by atoms with E-state index in [9.17, 15) is 4.79 Å². The fraction of sp³-hybridized carbons (Fsp3) is 0.450. The van der Waals surface area contributed by atoms with Gasteiger partial charge in [0, 0.05) is 68.9 Å². The lowest BCUT2D eigenvalue weighted by Gasteiger charge is -2.37. The molecular weight excluding hydrogens is 356 g/mol. The average molecular weight is 380 g/mol. The number of nitrogens with one attached hydrogen (secondary N) is 1. The molecule has 2 aliphatic rings. The number of piperazine rings is 1. The number of carbonyl (C=O) groups excluding carboxylic acids is 1. The van der Waals surface area contributed by atoms with Gasteiger partial charge in [-0.05, 0) is 25.0 Å². The first-order chi connectivity index (χ1) is 13.7. The number of ether oxygens (including phenoxy) is 1. The average Bonchev–Trinajstić information content (AvgIpc) is 3.47. The summed E-state index contributed by atoms with van der Waals surface area (Å²) in [6, 6.07) is 4.19. The highest BCUT2D eigenvalue weighted by atomic mass is 16.5. The third kappa shape index (κ3) is 3.03. The maximum absolute atomic E-state index is 12.6. The molecule has 2 saturated heterocycles. The first kappa shape index (κ1) is 17.2. The van der Waals surface area contributed by atoms with Crippen molar-refractivity contribution in [1.29, 1.82) is 0 Å². The largest absolute Gasteiger partial charge is 0.368 e. The van der Waals surface area contributed by atoms with E-state index in [2.05, 4.69) is 32.1 Å². The second-order valence-electron chi connectivity index (χ2n) is 7.49. The van der Waals surface area contributed by atoms with Crippen LogP contribution in [0.2, 0.25) is 0 Å². The van der Waals surface area contributed by atoms with E-state index >= 15 is 0 Å². The third-order valence-corrected chi connectivity index (χ3v) is 5.66. The van der Waals surface area contributed by atoms with E-state index in [1.54, 1.807) is 4.68 Å². The molecule has 0 radical (unpaired) electrons. The Morgan fingerprint density at radius 1 is 1.29 bits per heavy atom. The highest BCUT2D eigenvalue weighted by molar-refractivity contribution is 5.94. The molecule has 0 bridgehead atoms. The minimum atomic E-state index is -0.231. The van der Waals surface area contributed by atoms with Gasteiger partial charge in [-0.2, -0.15) is 5.10 Å². The molecule has 5 heterocycles. The van der Waals surface area contributed by atoms with Crippen LogP contribution in [0.3, 0.4) is 0 Å². The summed E-state index contributed by atoms with van der Waals surface area (Å²) in [7, 11) is 1.91. The summed E-state index contributed by atoms with van der Waals surface area (Å²) in [5.74, 6) is 0.150. The highest BCUT2D eigenvalue weighted by Gasteiger charge is 2.30. The van der Waals surface area contributed by atoms with Crippen LogP contribution < -0.4 is 4.90 Å². The van der Waals surface area contributed by atoms with E-state index in [0.717, 1.165) is 67.0 Å². The van der Waals surface area contributed by atoms with Gasteiger partial charge < -0.3 is 19.5 Å². The van der Waals surface area contributed by atoms with E-state index in [1.165, 1.54) is 0 Å². The number of carbonyl (C=O) groups is 1. The van der Waals surface area contributed by atoms with Crippen molar-refractivity contribution in [3.05, 3.63) is 30.7 Å². The van der Waals surface area contributed by atoms with Crippen molar-refractivity contribution >= 4 is 22.6 Å². The molecule has 2 fully saturated rings. The number of hydrogen-bond donors (Lipinski definition) is 1. The maximum Gasteiger partial charge on any atom is 0.251 e. The molecular formula is C20H24N6O2. The van der Waals surface area contributed by atoms with Gasteiger partial charge in [-0.25, -0.2) is 4.98 Å². The first-order valence-corrected chi connectivity index (χ1v) is 9.81. The number of aryl methyl sites for hydroxylation is 1. The topological polar surface area (TPSA) is 79.3 Å². The summed E-state index contributed by atoms with van der Waals surface area (Å²) in [6.45, 7) is 3.78. The number of nitrogens with zero attached hydrogens (tertiary/aromatic N) is 5. The molecule has 0 aliphatic carbocycles. The van der Waals surface area contributed by atoms with Crippen LogP contribution in [0.4, 0.5) is 5.69 Å². The normalized spacial score (nSPS) is 20.2. The summed E-state index contributed by atoms with van der Waals surface area (Å²) in [6.07, 6.45) is 7.28. The Balaban J connectivity index is 1.35. The minimum absolute atomic E-state index is 0.150. The lowest BCUT2D eigenvalue weighted by atomic mass is 10.1. The van der Waals surface area contributed by atoms with Crippen molar-refractivity contribution in [3.63, 3.8) is 0 Å². The van der Waals surface area contributed by atoms with Crippen LogP contribution in [-0.4, -0.2) is 69.4 Å². The number of aromatic amines is 1. The molecule has 3 aromatic heterocycles. The summed E-state index contributed by atoms with van der Waals surface area (Å²) >= 11 is 0. The van der Waals surface area contributed by atoms with Gasteiger partial charge in [0.25, 0.3) is 5.91 Å². The van der Waals surface area contributed by atoms with Crippen LogP contribution in [0.1, 0.15) is 12.8 Å². The standard InChI is InChI=1S/C20H24N6O2/c1-24-13-14(12-22-24)16-11-15-17(4-5-21-19(15)23-16)25-6-8-26(9-7-25)20(27)18-3-2-10-28-18/h4-5,11-13,18H,2-3,6-10H2,1H3,(H,21,23)/t18-/m0/s1. The van der Waals surface area contributed by atoms with Crippen molar-refractivity contribution in [2.75, 3.05) is 37.7 Å². The Bertz CT molecular complexity index is 995. The Morgan fingerprint density at radius 3 is 2.86 bits per heavy atom. The van der Waals surface area contributed by atoms with Crippen molar-refractivity contribution in [1.82, 2.24) is 24.6 Å². The van der Waals surface area contributed by atoms with Crippen molar-refractivity contribution < 1.29 is 9.53 Å². The minimum Gasteiger partial charge on any atom is -0.368 e. The molecule has 1 amide bonds. The van der Waals surface area contributed by atoms with Gasteiger partial charge in [-0.15, -0.1) is 0 Å². The van der Waals surface area contributed by atoms with Crippen LogP contribution >= 0.6 is 0 Å². The molecule has 1 N–H and O–H groups in total. The molecule has 5 rings (SSSR count). The molecule has 28 heavy (non-hydrogen) atoms. The second kappa shape index (κ2) is 6.94. The summed E-state index contributed by atoms with van der Waals surface area (Å²) in [5.41, 5.74) is 4.07. The molecule has 1 atom stereocenters. The van der Waals surface area contributed by atoms with E-state index in [1.807, 2.05) is 30.5 Å². The predicted octanol–water partition coefficient (Wildman–Crippen LogP) is 1.79. The Hall–Kier alpha value is -2.87. The molecule has 146 valence electrons. The van der Waals surface area contributed by atoms with Crippen LogP contribution in [0.25, 0.3) is 22.3 Å². The zero-order chi connectivity index (χ0) is 19.1. The maximum atomic E-state index is 12.6. The van der Waals surface area contributed by atoms with E-state index < -0.39 is 0 Å². The monoisotopic (exact) mass is 380 g/mol. The van der Waals surface area contributed by atoms with Crippen LogP contribution in [0, 0.1) is 0 Å². The van der Waals surface area contributed by atoms with Crippen molar-refractivity contribution in [3.8, 4) is 11.3 Å². The molecule has 0 spiro atoms. The fourth-order valence-corrected chi connectivity index (χ4v) is 4.15. The number of fused-ring (bicyclic) bond motifs is 1. The summed E-state index contributed by atoms with van der Waals surface area (Å²) in [4.78, 5) is 24.8. The van der Waals surface area contributed by atoms with Gasteiger partial charge in [0.05, 0.1) is 11.9 Å². The second-order valence-corrected chi connectivity index (χ2v) is 7.49. The van der Waals surface area contributed by atoms with Gasteiger partial charge in [-0.3, -0.25) is 9.48 Å². The highest BCUT2D eigenvalue weighted by Crippen LogP contribution is 2.30. The molecule has 3 aromatic rings. The Labute approximate surface area is 163 Å². The van der Waals surface area contributed by atoms with Gasteiger partial charge >= 0.3 is 0 Å². The lowest BCUT2D eigenvalue weighted by Crippen LogP contribution is -2.51. The van der Waals surface area contributed by atoms with E-state index in [0.29, 0.717) is 6.61 Å². The lowest BCUT2D eigenvalue weighted by molar-refractivity contribution is -0.141. The zero-order valence-electron chi connectivity index (χ0n) is 16.0. The van der Waals surface area contributed by atoms with E-state index in [-0.39, 0.29) is 12.0 Å². The molecule has 0 aromatic carbocycles. The van der Waals surface area contributed by atoms with Crippen LogP contribution in [-0.2, 0) is 16.6 Å². The first-order valence-electron chi connectivity index (χ1n) is 9.81. The third-order valence-electron chi connectivity index (χ3n) is 5.66. The smallest absolute Gasteiger partial charge is 0.251 e. The van der Waals surface area contributed by atoms with Gasteiger partial charge in [-0.1, -0.05) is 0 Å². The SMILES string of the molecule is Cn1cc(-c2cc3c(N4CCN(C(=O)[C@@H]5CCCO5)CC4)ccnc3[nH]2)cn1. The Morgan fingerprint density at radius 2 is 2.14 bits per heavy atom. The van der Waals surface area contributed by atoms with Gasteiger partial charge in [0.15, 0.2) is 0 Å². The number of aromatic nitrogens is 4. The summed E-state index contributed by atoms with van der Waals surface area (Å²) < 4.78 is 7.35. The van der Waals surface area contributed by atoms with Crippen LogP contribution in [0.15, 0.2) is 30.7 Å². The number of hydrogen-bond acceptors (Lipinski definition) is 5. The van der Waals surface area contributed by atoms with Crippen molar-refractivity contribution in [2.45, 2.75) is 18.9 Å². The molecule has 8 heteroatoms. The van der Waals surface area contributed by atoms with E-state index in [4.69, 9.17) is 4.74 Å². The number of pyridine rings is 1. The number of rotatable bonds is 3. The molecule has 0 unspecified atom stereocenters. The van der Waals surface area contributed by atoms with Gasteiger partial charge in [0.2, 0.25) is 0 Å². The summed E-state index contributed by atoms with van der Waals surface area (Å²) in [5, 5.41) is 5.35. The number of anilines is 1. The molecule has 2 aliphatic heterocycles. The van der Waals surface area contributed by atoms with Crippen LogP contribution in [0.5, 0.6) is 0 Å². The zero-order valence-corrected chi connectivity index (χ0v) is 16.0. The number of amides is 1. The molecule has 8 nitrogen and oxygen atoms in total. The predicted molar refractivity (Wildman–Crippen MR) is 106 cm³/mol. The van der Waals surface area contributed by atoms with Gasteiger partial charge in [0.1, 0.15) is 11.8 Å². The Kier molecular flexibility index (Phi) is 4.27. The number of H-pyrrole nitrogens is 1. The van der Waals surface area contributed by atoms with Crippen molar-refractivity contribution in [2.24, 2.45) is 7.05 Å². The quantitative estimate of drug-likeness (QED) is 0.749. The fourth-order valence-electron chi connectivity index (χ4n) is 4.15. The molecule has 0 saturated carbocycles.